The highest BCUT2D eigenvalue weighted by Crippen LogP contribution is 2.13. The smallest absolute Gasteiger partial charge is 0.237 e. The first-order valence-corrected chi connectivity index (χ1v) is 7.79. The number of hydrogen-bond acceptors (Lipinski definition) is 3. The van der Waals surface area contributed by atoms with E-state index in [1.807, 2.05) is 24.3 Å². The molecule has 0 aromatic heterocycles. The number of carbonyl (C=O) groups is 1. The summed E-state index contributed by atoms with van der Waals surface area (Å²) in [4.78, 5) is 12.1. The summed E-state index contributed by atoms with van der Waals surface area (Å²) < 4.78 is 5.76. The van der Waals surface area contributed by atoms with Gasteiger partial charge in [0, 0.05) is 24.7 Å². The van der Waals surface area contributed by atoms with E-state index in [0.29, 0.717) is 17.5 Å². The molecule has 1 aromatic rings. The first kappa shape index (κ1) is 16.3. The standard InChI is InChI=1S/C16H23ClN2O2/c1-11(2)10-21-14-7-15(18-9-14)16(20)19-8-12-3-5-13(17)6-4-12/h3-6,11,14-15,18H,7-10H2,1-2H3,(H,19,20)/t14-,15+/m1/s1. The van der Waals surface area contributed by atoms with Gasteiger partial charge >= 0.3 is 0 Å². The predicted octanol–water partition coefficient (Wildman–Crippen LogP) is 2.36. The highest BCUT2D eigenvalue weighted by atomic mass is 35.5. The van der Waals surface area contributed by atoms with E-state index in [4.69, 9.17) is 16.3 Å². The summed E-state index contributed by atoms with van der Waals surface area (Å²) in [5.74, 6) is 0.545. The van der Waals surface area contributed by atoms with Crippen LogP contribution >= 0.6 is 11.6 Å². The quantitative estimate of drug-likeness (QED) is 0.848. The summed E-state index contributed by atoms with van der Waals surface area (Å²) in [5.41, 5.74) is 1.04. The molecule has 1 fully saturated rings. The Kier molecular flexibility index (Phi) is 6.03. The number of nitrogens with one attached hydrogen (secondary N) is 2. The average molecular weight is 311 g/mol. The van der Waals surface area contributed by atoms with Crippen LogP contribution in [0.5, 0.6) is 0 Å². The molecule has 5 heteroatoms. The van der Waals surface area contributed by atoms with Crippen LogP contribution in [0.3, 0.4) is 0 Å². The van der Waals surface area contributed by atoms with Gasteiger partial charge in [0.2, 0.25) is 5.91 Å². The summed E-state index contributed by atoms with van der Waals surface area (Å²) in [7, 11) is 0. The fourth-order valence-electron chi connectivity index (χ4n) is 2.27. The van der Waals surface area contributed by atoms with Gasteiger partial charge < -0.3 is 15.4 Å². The minimum Gasteiger partial charge on any atom is -0.377 e. The third-order valence-corrected chi connectivity index (χ3v) is 3.70. The first-order chi connectivity index (χ1) is 10.0. The van der Waals surface area contributed by atoms with Crippen molar-refractivity contribution >= 4 is 17.5 Å². The van der Waals surface area contributed by atoms with E-state index in [0.717, 1.165) is 25.1 Å². The molecule has 0 saturated carbocycles. The number of amides is 1. The van der Waals surface area contributed by atoms with Gasteiger partial charge in [0.15, 0.2) is 0 Å². The maximum absolute atomic E-state index is 12.1. The highest BCUT2D eigenvalue weighted by molar-refractivity contribution is 6.30. The van der Waals surface area contributed by atoms with Crippen molar-refractivity contribution in [2.24, 2.45) is 5.92 Å². The maximum Gasteiger partial charge on any atom is 0.237 e. The number of carbonyl (C=O) groups excluding carboxylic acids is 1. The van der Waals surface area contributed by atoms with Crippen LogP contribution in [0.1, 0.15) is 25.8 Å². The van der Waals surface area contributed by atoms with Crippen LogP contribution in [0.4, 0.5) is 0 Å². The Hall–Kier alpha value is -1.10. The molecule has 0 radical (unpaired) electrons. The zero-order valence-electron chi connectivity index (χ0n) is 12.6. The highest BCUT2D eigenvalue weighted by Gasteiger charge is 2.29. The molecule has 4 nitrogen and oxygen atoms in total. The predicted molar refractivity (Wildman–Crippen MR) is 84.3 cm³/mol. The van der Waals surface area contributed by atoms with Gasteiger partial charge in [-0.05, 0) is 30.0 Å². The van der Waals surface area contributed by atoms with Crippen molar-refractivity contribution in [3.05, 3.63) is 34.9 Å². The van der Waals surface area contributed by atoms with Crippen LogP contribution < -0.4 is 10.6 Å². The second-order valence-corrected chi connectivity index (χ2v) is 6.33. The molecule has 2 atom stereocenters. The number of ether oxygens (including phenoxy) is 1. The van der Waals surface area contributed by atoms with Gasteiger partial charge in [-0.1, -0.05) is 37.6 Å². The summed E-state index contributed by atoms with van der Waals surface area (Å²) in [6.45, 7) is 6.25. The molecule has 1 aliphatic heterocycles. The molecule has 2 rings (SSSR count). The summed E-state index contributed by atoms with van der Waals surface area (Å²) in [6, 6.07) is 7.33. The first-order valence-electron chi connectivity index (χ1n) is 7.41. The van der Waals surface area contributed by atoms with Gasteiger partial charge in [-0.2, -0.15) is 0 Å². The molecule has 0 bridgehead atoms. The Labute approximate surface area is 131 Å². The summed E-state index contributed by atoms with van der Waals surface area (Å²) in [5, 5.41) is 6.86. The topological polar surface area (TPSA) is 50.4 Å². The van der Waals surface area contributed by atoms with Crippen molar-refractivity contribution in [1.82, 2.24) is 10.6 Å². The van der Waals surface area contributed by atoms with Crippen molar-refractivity contribution < 1.29 is 9.53 Å². The Balaban J connectivity index is 1.73. The third-order valence-electron chi connectivity index (χ3n) is 3.45. The Bertz CT molecular complexity index is 462. The van der Waals surface area contributed by atoms with Crippen molar-refractivity contribution in [1.29, 1.82) is 0 Å². The Morgan fingerprint density at radius 3 is 2.81 bits per heavy atom. The van der Waals surface area contributed by atoms with Gasteiger partial charge in [0.05, 0.1) is 12.1 Å². The molecule has 0 aliphatic carbocycles. The van der Waals surface area contributed by atoms with Crippen molar-refractivity contribution in [2.75, 3.05) is 13.2 Å². The lowest BCUT2D eigenvalue weighted by atomic mass is 10.1. The maximum atomic E-state index is 12.1. The Morgan fingerprint density at radius 1 is 1.43 bits per heavy atom. The molecule has 1 saturated heterocycles. The molecular formula is C16H23ClN2O2. The van der Waals surface area contributed by atoms with Gasteiger partial charge in [0.1, 0.15) is 0 Å². The van der Waals surface area contributed by atoms with Crippen LogP contribution in [0.25, 0.3) is 0 Å². The second kappa shape index (κ2) is 7.78. The molecule has 1 heterocycles. The summed E-state index contributed by atoms with van der Waals surface area (Å²) >= 11 is 5.83. The van der Waals surface area contributed by atoms with Crippen molar-refractivity contribution in [2.45, 2.75) is 39.0 Å². The van der Waals surface area contributed by atoms with Crippen LogP contribution in [-0.2, 0) is 16.1 Å². The normalized spacial score (nSPS) is 21.7. The molecule has 1 aliphatic rings. The molecule has 1 amide bonds. The van der Waals surface area contributed by atoms with E-state index in [-0.39, 0.29) is 18.1 Å². The van der Waals surface area contributed by atoms with E-state index in [1.165, 1.54) is 0 Å². The van der Waals surface area contributed by atoms with Crippen LogP contribution in [0, 0.1) is 5.92 Å². The van der Waals surface area contributed by atoms with Crippen LogP contribution in [-0.4, -0.2) is 31.2 Å². The minimum absolute atomic E-state index is 0.0283. The fraction of sp³-hybridized carbons (Fsp3) is 0.562. The van der Waals surface area contributed by atoms with Gasteiger partial charge in [0.25, 0.3) is 0 Å². The lowest BCUT2D eigenvalue weighted by molar-refractivity contribution is -0.123. The van der Waals surface area contributed by atoms with Gasteiger partial charge in [-0.15, -0.1) is 0 Å². The number of hydrogen-bond donors (Lipinski definition) is 2. The number of halogens is 1. The monoisotopic (exact) mass is 310 g/mol. The molecule has 0 spiro atoms. The van der Waals surface area contributed by atoms with E-state index < -0.39 is 0 Å². The third kappa shape index (κ3) is 5.30. The second-order valence-electron chi connectivity index (χ2n) is 5.89. The zero-order valence-corrected chi connectivity index (χ0v) is 13.3. The van der Waals surface area contributed by atoms with Crippen molar-refractivity contribution in [3.8, 4) is 0 Å². The lowest BCUT2D eigenvalue weighted by Gasteiger charge is -2.13. The van der Waals surface area contributed by atoms with E-state index >= 15 is 0 Å². The molecule has 2 N–H and O–H groups in total. The van der Waals surface area contributed by atoms with Crippen molar-refractivity contribution in [3.63, 3.8) is 0 Å². The van der Waals surface area contributed by atoms with E-state index in [1.54, 1.807) is 0 Å². The number of benzene rings is 1. The molecule has 1 aromatic carbocycles. The molecule has 116 valence electrons. The average Bonchev–Trinajstić information content (AvgIpc) is 2.93. The number of rotatable bonds is 6. The van der Waals surface area contributed by atoms with Gasteiger partial charge in [-0.25, -0.2) is 0 Å². The molecule has 21 heavy (non-hydrogen) atoms. The van der Waals surface area contributed by atoms with Crippen LogP contribution in [0.2, 0.25) is 5.02 Å². The Morgan fingerprint density at radius 2 is 2.14 bits per heavy atom. The van der Waals surface area contributed by atoms with Gasteiger partial charge in [-0.3, -0.25) is 4.79 Å². The van der Waals surface area contributed by atoms with E-state index in [2.05, 4.69) is 24.5 Å². The largest absolute Gasteiger partial charge is 0.377 e. The van der Waals surface area contributed by atoms with E-state index in [9.17, 15) is 4.79 Å². The minimum atomic E-state index is -0.158. The lowest BCUT2D eigenvalue weighted by Crippen LogP contribution is -2.39. The fourth-order valence-corrected chi connectivity index (χ4v) is 2.40. The zero-order chi connectivity index (χ0) is 15.2. The molecule has 0 unspecified atom stereocenters. The SMILES string of the molecule is CC(C)CO[C@H]1CN[C@H](C(=O)NCc2ccc(Cl)cc2)C1. The summed E-state index contributed by atoms with van der Waals surface area (Å²) in [6.07, 6.45) is 0.873. The molecular weight excluding hydrogens is 288 g/mol. The van der Waals surface area contributed by atoms with Crippen LogP contribution in [0.15, 0.2) is 24.3 Å².